The number of nitrogens with zero attached hydrogens (tertiary/aromatic N) is 4. The van der Waals surface area contributed by atoms with Gasteiger partial charge in [-0.1, -0.05) is 56.7 Å². The SMILES string of the molecule is Cc1ccccc1-n1c(SCC(=O)NC(C)CCCC(C)C)nnc1N1CCOCC1. The molecule has 1 unspecified atom stereocenters. The molecule has 1 atom stereocenters. The molecule has 0 spiro atoms. The van der Waals surface area contributed by atoms with Crippen LogP contribution in [0.4, 0.5) is 5.95 Å². The average Bonchev–Trinajstić information content (AvgIpc) is 3.16. The Balaban J connectivity index is 1.69. The first kappa shape index (κ1) is 23.6. The van der Waals surface area contributed by atoms with Crippen LogP contribution in [0, 0.1) is 12.8 Å². The first-order chi connectivity index (χ1) is 15.0. The number of morpholine rings is 1. The number of amides is 1. The first-order valence-electron chi connectivity index (χ1n) is 11.2. The Morgan fingerprint density at radius 1 is 1.16 bits per heavy atom. The third-order valence-electron chi connectivity index (χ3n) is 5.42. The van der Waals surface area contributed by atoms with Gasteiger partial charge >= 0.3 is 0 Å². The Kier molecular flexibility index (Phi) is 8.78. The van der Waals surface area contributed by atoms with Gasteiger partial charge in [0.1, 0.15) is 0 Å². The summed E-state index contributed by atoms with van der Waals surface area (Å²) in [7, 11) is 0. The zero-order valence-corrected chi connectivity index (χ0v) is 20.0. The molecule has 3 rings (SSSR count). The summed E-state index contributed by atoms with van der Waals surface area (Å²) in [5.41, 5.74) is 2.18. The van der Waals surface area contributed by atoms with Gasteiger partial charge in [-0.25, -0.2) is 0 Å². The maximum atomic E-state index is 12.5. The highest BCUT2D eigenvalue weighted by Crippen LogP contribution is 2.28. The molecular weight excluding hydrogens is 410 g/mol. The van der Waals surface area contributed by atoms with Crippen molar-refractivity contribution < 1.29 is 9.53 Å². The second-order valence-corrected chi connectivity index (χ2v) is 9.53. The normalized spacial score (nSPS) is 15.3. The monoisotopic (exact) mass is 445 g/mol. The molecule has 1 N–H and O–H groups in total. The van der Waals surface area contributed by atoms with E-state index < -0.39 is 0 Å². The summed E-state index contributed by atoms with van der Waals surface area (Å²) in [5, 5.41) is 12.8. The van der Waals surface area contributed by atoms with Crippen molar-refractivity contribution in [2.45, 2.75) is 58.2 Å². The van der Waals surface area contributed by atoms with E-state index in [1.165, 1.54) is 18.2 Å². The number of hydrogen-bond donors (Lipinski definition) is 1. The summed E-state index contributed by atoms with van der Waals surface area (Å²) < 4.78 is 7.57. The maximum Gasteiger partial charge on any atom is 0.232 e. The van der Waals surface area contributed by atoms with Gasteiger partial charge < -0.3 is 15.0 Å². The molecular formula is C23H35N5O2S. The number of rotatable bonds is 10. The van der Waals surface area contributed by atoms with E-state index in [0.717, 1.165) is 48.3 Å². The number of aromatic nitrogens is 3. The first-order valence-corrected chi connectivity index (χ1v) is 12.2. The number of benzene rings is 1. The highest BCUT2D eigenvalue weighted by molar-refractivity contribution is 7.99. The second kappa shape index (κ2) is 11.5. The minimum Gasteiger partial charge on any atom is -0.378 e. The summed E-state index contributed by atoms with van der Waals surface area (Å²) in [6.45, 7) is 11.5. The van der Waals surface area contributed by atoms with Gasteiger partial charge in [0.2, 0.25) is 11.9 Å². The molecule has 1 aromatic carbocycles. The number of aryl methyl sites for hydroxylation is 1. The van der Waals surface area contributed by atoms with Crippen molar-refractivity contribution in [2.75, 3.05) is 37.0 Å². The van der Waals surface area contributed by atoms with E-state index in [1.807, 2.05) is 12.1 Å². The molecule has 8 heteroatoms. The third-order valence-corrected chi connectivity index (χ3v) is 6.35. The van der Waals surface area contributed by atoms with E-state index in [-0.39, 0.29) is 11.9 Å². The topological polar surface area (TPSA) is 72.3 Å². The Morgan fingerprint density at radius 2 is 1.90 bits per heavy atom. The van der Waals surface area contributed by atoms with Gasteiger partial charge in [-0.3, -0.25) is 9.36 Å². The lowest BCUT2D eigenvalue weighted by atomic mass is 10.0. The van der Waals surface area contributed by atoms with Crippen molar-refractivity contribution in [1.29, 1.82) is 0 Å². The van der Waals surface area contributed by atoms with Crippen LogP contribution in [0.5, 0.6) is 0 Å². The van der Waals surface area contributed by atoms with Crippen molar-refractivity contribution >= 4 is 23.6 Å². The van der Waals surface area contributed by atoms with E-state index >= 15 is 0 Å². The summed E-state index contributed by atoms with van der Waals surface area (Å²) >= 11 is 1.43. The van der Waals surface area contributed by atoms with E-state index in [0.29, 0.717) is 24.9 Å². The number of carbonyl (C=O) groups is 1. The molecule has 0 saturated carbocycles. The van der Waals surface area contributed by atoms with Crippen LogP contribution >= 0.6 is 11.8 Å². The predicted molar refractivity (Wildman–Crippen MR) is 126 cm³/mol. The average molecular weight is 446 g/mol. The highest BCUT2D eigenvalue weighted by atomic mass is 32.2. The van der Waals surface area contributed by atoms with Crippen LogP contribution in [0.3, 0.4) is 0 Å². The molecule has 2 heterocycles. The van der Waals surface area contributed by atoms with Gasteiger partial charge in [0.25, 0.3) is 0 Å². The molecule has 1 fully saturated rings. The van der Waals surface area contributed by atoms with E-state index in [2.05, 4.69) is 64.8 Å². The fourth-order valence-corrected chi connectivity index (χ4v) is 4.45. The van der Waals surface area contributed by atoms with Crippen molar-refractivity contribution in [3.8, 4) is 5.69 Å². The van der Waals surface area contributed by atoms with Gasteiger partial charge in [0.05, 0.1) is 24.7 Å². The summed E-state index contributed by atoms with van der Waals surface area (Å²) in [5.74, 6) is 1.87. The van der Waals surface area contributed by atoms with Crippen LogP contribution in [0.2, 0.25) is 0 Å². The van der Waals surface area contributed by atoms with Crippen LogP contribution in [0.15, 0.2) is 29.4 Å². The Morgan fingerprint density at radius 3 is 2.61 bits per heavy atom. The molecule has 31 heavy (non-hydrogen) atoms. The van der Waals surface area contributed by atoms with Gasteiger partial charge in [-0.05, 0) is 37.8 Å². The zero-order chi connectivity index (χ0) is 22.2. The van der Waals surface area contributed by atoms with Crippen molar-refractivity contribution in [1.82, 2.24) is 20.1 Å². The number of nitrogens with one attached hydrogen (secondary N) is 1. The molecule has 0 radical (unpaired) electrons. The van der Waals surface area contributed by atoms with Crippen LogP contribution in [-0.2, 0) is 9.53 Å². The van der Waals surface area contributed by atoms with Gasteiger partial charge in [0, 0.05) is 19.1 Å². The molecule has 7 nitrogen and oxygen atoms in total. The number of ether oxygens (including phenoxy) is 1. The molecule has 1 aliphatic heterocycles. The van der Waals surface area contributed by atoms with Crippen LogP contribution < -0.4 is 10.2 Å². The number of thioether (sulfide) groups is 1. The fraction of sp³-hybridized carbons (Fsp3) is 0.609. The van der Waals surface area contributed by atoms with Crippen molar-refractivity contribution in [3.63, 3.8) is 0 Å². The third kappa shape index (κ3) is 6.71. The molecule has 170 valence electrons. The lowest BCUT2D eigenvalue weighted by Crippen LogP contribution is -2.38. The zero-order valence-electron chi connectivity index (χ0n) is 19.1. The Hall–Kier alpha value is -2.06. The summed E-state index contributed by atoms with van der Waals surface area (Å²) in [6, 6.07) is 8.39. The molecule has 1 saturated heterocycles. The minimum absolute atomic E-state index is 0.0364. The molecule has 1 amide bonds. The molecule has 0 aliphatic carbocycles. The van der Waals surface area contributed by atoms with E-state index in [9.17, 15) is 4.79 Å². The summed E-state index contributed by atoms with van der Waals surface area (Å²) in [4.78, 5) is 14.7. The Labute approximate surface area is 189 Å². The lowest BCUT2D eigenvalue weighted by molar-refractivity contribution is -0.119. The van der Waals surface area contributed by atoms with Crippen LogP contribution in [-0.4, -0.2) is 58.8 Å². The van der Waals surface area contributed by atoms with Crippen molar-refractivity contribution in [2.24, 2.45) is 5.92 Å². The number of carbonyl (C=O) groups excluding carboxylic acids is 1. The second-order valence-electron chi connectivity index (χ2n) is 8.59. The van der Waals surface area contributed by atoms with Gasteiger partial charge in [0.15, 0.2) is 5.16 Å². The Bertz CT molecular complexity index is 848. The smallest absolute Gasteiger partial charge is 0.232 e. The minimum atomic E-state index is 0.0364. The van der Waals surface area contributed by atoms with Crippen molar-refractivity contribution in [3.05, 3.63) is 29.8 Å². The largest absolute Gasteiger partial charge is 0.378 e. The van der Waals surface area contributed by atoms with E-state index in [4.69, 9.17) is 4.74 Å². The van der Waals surface area contributed by atoms with E-state index in [1.54, 1.807) is 0 Å². The van der Waals surface area contributed by atoms with Crippen LogP contribution in [0.25, 0.3) is 5.69 Å². The number of hydrogen-bond acceptors (Lipinski definition) is 6. The standard InChI is InChI=1S/C23H35N5O2S/c1-17(2)8-7-10-19(4)24-21(29)16-31-23-26-25-22(27-12-14-30-15-13-27)28(23)20-11-6-5-9-18(20)3/h5-6,9,11,17,19H,7-8,10,12-16H2,1-4H3,(H,24,29). The fourth-order valence-electron chi connectivity index (χ4n) is 3.70. The molecule has 1 aromatic heterocycles. The maximum absolute atomic E-state index is 12.5. The predicted octanol–water partition coefficient (Wildman–Crippen LogP) is 3.84. The highest BCUT2D eigenvalue weighted by Gasteiger charge is 2.23. The quantitative estimate of drug-likeness (QED) is 0.560. The molecule has 0 bridgehead atoms. The molecule has 1 aliphatic rings. The van der Waals surface area contributed by atoms with Gasteiger partial charge in [-0.2, -0.15) is 0 Å². The molecule has 2 aromatic rings. The number of para-hydroxylation sites is 1. The van der Waals surface area contributed by atoms with Crippen LogP contribution in [0.1, 0.15) is 45.6 Å². The number of anilines is 1. The lowest BCUT2D eigenvalue weighted by Gasteiger charge is -2.28. The van der Waals surface area contributed by atoms with Gasteiger partial charge in [-0.15, -0.1) is 10.2 Å². The summed E-state index contributed by atoms with van der Waals surface area (Å²) in [6.07, 6.45) is 3.34.